The number of halogens is 4. The number of nitrogens with zero attached hydrogens (tertiary/aromatic N) is 7. The number of nitrogens with one attached hydrogen (secondary N) is 1. The van der Waals surface area contributed by atoms with Gasteiger partial charge in [-0.15, -0.1) is 10.2 Å². The van der Waals surface area contributed by atoms with Gasteiger partial charge in [0, 0.05) is 18.3 Å². The summed E-state index contributed by atoms with van der Waals surface area (Å²) in [5, 5.41) is 15.0. The summed E-state index contributed by atoms with van der Waals surface area (Å²) in [6.45, 7) is 2.39. The SMILES string of the molecule is COc1nc(N[C@@H]2CCN(C3(C)COC3)CC2(F)F)nn2ccc(-c3ccc4nnn(CC(F)F)c4c3)c12. The summed E-state index contributed by atoms with van der Waals surface area (Å²) >= 11 is 0. The van der Waals surface area contributed by atoms with Gasteiger partial charge < -0.3 is 14.8 Å². The van der Waals surface area contributed by atoms with Crippen LogP contribution >= 0.6 is 0 Å². The Bertz CT molecular complexity index is 1490. The van der Waals surface area contributed by atoms with Crippen LogP contribution in [0.4, 0.5) is 23.5 Å². The topological polar surface area (TPSA) is 94.6 Å². The summed E-state index contributed by atoms with van der Waals surface area (Å²) in [6, 6.07) is 5.81. The van der Waals surface area contributed by atoms with E-state index in [0.29, 0.717) is 47.4 Å². The number of anilines is 1. The number of piperidine rings is 1. The van der Waals surface area contributed by atoms with Gasteiger partial charge in [-0.3, -0.25) is 4.90 Å². The summed E-state index contributed by atoms with van der Waals surface area (Å²) < 4.78 is 69.6. The van der Waals surface area contributed by atoms with E-state index >= 15 is 8.78 Å². The Hall–Kier alpha value is -3.52. The predicted molar refractivity (Wildman–Crippen MR) is 130 cm³/mol. The lowest BCUT2D eigenvalue weighted by molar-refractivity contribution is -0.174. The zero-order chi connectivity index (χ0) is 26.7. The minimum Gasteiger partial charge on any atom is -0.479 e. The highest BCUT2D eigenvalue weighted by Crippen LogP contribution is 2.37. The maximum absolute atomic E-state index is 15.1. The minimum atomic E-state index is -3.01. The summed E-state index contributed by atoms with van der Waals surface area (Å²) in [7, 11) is 1.43. The molecule has 6 rings (SSSR count). The minimum absolute atomic E-state index is 0.0162. The van der Waals surface area contributed by atoms with E-state index in [1.165, 1.54) is 11.6 Å². The molecule has 2 saturated heterocycles. The number of hydrogen-bond acceptors (Lipinski definition) is 8. The predicted octanol–water partition coefficient (Wildman–Crippen LogP) is 3.33. The molecule has 2 aliphatic rings. The van der Waals surface area contributed by atoms with Gasteiger partial charge in [-0.25, -0.2) is 26.8 Å². The van der Waals surface area contributed by atoms with Crippen molar-refractivity contribution in [2.24, 2.45) is 0 Å². The van der Waals surface area contributed by atoms with E-state index in [-0.39, 0.29) is 30.3 Å². The lowest BCUT2D eigenvalue weighted by atomic mass is 9.91. The van der Waals surface area contributed by atoms with Crippen molar-refractivity contribution in [1.29, 1.82) is 0 Å². The van der Waals surface area contributed by atoms with Gasteiger partial charge in [0.05, 0.1) is 44.0 Å². The van der Waals surface area contributed by atoms with E-state index in [9.17, 15) is 8.78 Å². The van der Waals surface area contributed by atoms with Crippen LogP contribution in [0.25, 0.3) is 27.7 Å². The molecule has 1 atom stereocenters. The Morgan fingerprint density at radius 1 is 1.24 bits per heavy atom. The van der Waals surface area contributed by atoms with Gasteiger partial charge in [-0.1, -0.05) is 11.3 Å². The molecule has 2 fully saturated rings. The number of ether oxygens (including phenoxy) is 2. The first-order valence-corrected chi connectivity index (χ1v) is 12.2. The lowest BCUT2D eigenvalue weighted by Gasteiger charge is -2.51. The molecular weight excluding hydrogens is 508 g/mol. The molecule has 1 aromatic carbocycles. The Labute approximate surface area is 214 Å². The van der Waals surface area contributed by atoms with Crippen LogP contribution in [0.5, 0.6) is 5.88 Å². The molecule has 14 heteroatoms. The van der Waals surface area contributed by atoms with Crippen LogP contribution in [0.3, 0.4) is 0 Å². The fraction of sp³-hybridized carbons (Fsp3) is 0.500. The first kappa shape index (κ1) is 24.8. The third-order valence-corrected chi connectivity index (χ3v) is 7.30. The van der Waals surface area contributed by atoms with E-state index < -0.39 is 24.9 Å². The van der Waals surface area contributed by atoms with Gasteiger partial charge in [0.1, 0.15) is 17.6 Å². The molecule has 202 valence electrons. The number of fused-ring (bicyclic) bond motifs is 2. The average molecular weight is 535 g/mol. The van der Waals surface area contributed by atoms with Crippen molar-refractivity contribution >= 4 is 22.5 Å². The Kier molecular flexibility index (Phi) is 5.90. The maximum atomic E-state index is 15.1. The zero-order valence-corrected chi connectivity index (χ0v) is 20.7. The molecule has 0 unspecified atom stereocenters. The molecule has 0 amide bonds. The first-order chi connectivity index (χ1) is 18.2. The van der Waals surface area contributed by atoms with Crippen molar-refractivity contribution in [3.63, 3.8) is 0 Å². The number of methoxy groups -OCH3 is 1. The molecule has 0 radical (unpaired) electrons. The van der Waals surface area contributed by atoms with Gasteiger partial charge in [0.2, 0.25) is 11.8 Å². The van der Waals surface area contributed by atoms with E-state index in [1.807, 2.05) is 6.92 Å². The highest BCUT2D eigenvalue weighted by molar-refractivity contribution is 5.89. The van der Waals surface area contributed by atoms with Gasteiger partial charge >= 0.3 is 0 Å². The number of hydrogen-bond donors (Lipinski definition) is 1. The Morgan fingerprint density at radius 3 is 2.74 bits per heavy atom. The highest BCUT2D eigenvalue weighted by atomic mass is 19.3. The van der Waals surface area contributed by atoms with Crippen LogP contribution in [-0.4, -0.2) is 91.8 Å². The van der Waals surface area contributed by atoms with Gasteiger partial charge in [0.15, 0.2) is 0 Å². The van der Waals surface area contributed by atoms with E-state index in [2.05, 4.69) is 25.7 Å². The number of alkyl halides is 4. The summed E-state index contributed by atoms with van der Waals surface area (Å²) in [4.78, 5) is 6.17. The molecule has 1 N–H and O–H groups in total. The first-order valence-electron chi connectivity index (χ1n) is 12.2. The van der Waals surface area contributed by atoms with Crippen LogP contribution in [0.15, 0.2) is 30.5 Å². The van der Waals surface area contributed by atoms with Gasteiger partial charge in [-0.2, -0.15) is 4.98 Å². The fourth-order valence-electron chi connectivity index (χ4n) is 5.14. The molecule has 38 heavy (non-hydrogen) atoms. The number of rotatable bonds is 7. The molecule has 2 aliphatic heterocycles. The average Bonchev–Trinajstić information content (AvgIpc) is 3.46. The van der Waals surface area contributed by atoms with Crippen molar-refractivity contribution < 1.29 is 27.0 Å². The number of aromatic nitrogens is 6. The second-order valence-electron chi connectivity index (χ2n) is 9.99. The lowest BCUT2D eigenvalue weighted by Crippen LogP contribution is -2.67. The largest absolute Gasteiger partial charge is 0.479 e. The standard InChI is InChI=1S/C24H26F4N8O2/c1-23(12-38-13-23)34-7-6-18(24(27,28)11-34)29-22-30-21(37-2)20-15(5-8-35(20)32-22)14-3-4-16-17(9-14)36(33-31-16)10-19(25)26/h3-5,8-9,18-19H,6-7,10-13H2,1-2H3,(H,29,32)/t18-/m1/s1. The molecule has 4 aromatic rings. The third kappa shape index (κ3) is 4.21. The fourth-order valence-corrected chi connectivity index (χ4v) is 5.14. The van der Waals surface area contributed by atoms with Gasteiger partial charge in [0.25, 0.3) is 12.3 Å². The zero-order valence-electron chi connectivity index (χ0n) is 20.7. The molecular formula is C24H26F4N8O2. The molecule has 0 spiro atoms. The van der Waals surface area contributed by atoms with Crippen molar-refractivity contribution in [2.45, 2.75) is 43.8 Å². The van der Waals surface area contributed by atoms with Crippen LogP contribution in [0.2, 0.25) is 0 Å². The van der Waals surface area contributed by atoms with Crippen molar-refractivity contribution in [1.82, 2.24) is 34.5 Å². The van der Waals surface area contributed by atoms with Crippen LogP contribution in [0.1, 0.15) is 13.3 Å². The quantitative estimate of drug-likeness (QED) is 0.361. The summed E-state index contributed by atoms with van der Waals surface area (Å²) in [5.41, 5.74) is 2.45. The maximum Gasteiger partial charge on any atom is 0.280 e. The Morgan fingerprint density at radius 2 is 2.05 bits per heavy atom. The van der Waals surface area contributed by atoms with Crippen LogP contribution < -0.4 is 10.1 Å². The van der Waals surface area contributed by atoms with Crippen LogP contribution in [0, 0.1) is 0 Å². The van der Waals surface area contributed by atoms with Crippen molar-refractivity contribution in [3.05, 3.63) is 30.5 Å². The van der Waals surface area contributed by atoms with Gasteiger partial charge in [-0.05, 0) is 37.1 Å². The smallest absolute Gasteiger partial charge is 0.280 e. The summed E-state index contributed by atoms with van der Waals surface area (Å²) in [5.74, 6) is -2.81. The molecule has 0 bridgehead atoms. The summed E-state index contributed by atoms with van der Waals surface area (Å²) in [6.07, 6.45) is -0.700. The van der Waals surface area contributed by atoms with E-state index in [0.717, 1.165) is 4.68 Å². The highest BCUT2D eigenvalue weighted by Gasteiger charge is 2.51. The second kappa shape index (κ2) is 9.05. The van der Waals surface area contributed by atoms with Crippen molar-refractivity contribution in [3.8, 4) is 17.0 Å². The van der Waals surface area contributed by atoms with Crippen LogP contribution in [-0.2, 0) is 11.3 Å². The monoisotopic (exact) mass is 534 g/mol. The molecule has 0 aliphatic carbocycles. The second-order valence-corrected chi connectivity index (χ2v) is 9.99. The third-order valence-electron chi connectivity index (χ3n) is 7.30. The molecule has 0 saturated carbocycles. The molecule has 10 nitrogen and oxygen atoms in total. The molecule has 5 heterocycles. The van der Waals surface area contributed by atoms with E-state index in [4.69, 9.17) is 9.47 Å². The molecule has 3 aromatic heterocycles. The van der Waals surface area contributed by atoms with E-state index in [1.54, 1.807) is 35.4 Å². The number of benzene rings is 1. The normalized spacial score (nSPS) is 21.2. The van der Waals surface area contributed by atoms with Crippen molar-refractivity contribution in [2.75, 3.05) is 38.7 Å². The Balaban J connectivity index is 1.29. The number of likely N-dealkylation sites (tertiary alicyclic amines) is 1.